The van der Waals surface area contributed by atoms with E-state index >= 15 is 0 Å². The van der Waals surface area contributed by atoms with Gasteiger partial charge < -0.3 is 4.90 Å². The topological polar surface area (TPSA) is 67.2 Å². The number of aromatic nitrogens is 4. The fourth-order valence-corrected chi connectivity index (χ4v) is 4.57. The number of hydrogen-bond donors (Lipinski definition) is 0. The van der Waals surface area contributed by atoms with Crippen molar-refractivity contribution in [3.8, 4) is 0 Å². The van der Waals surface area contributed by atoms with Gasteiger partial charge in [0.25, 0.3) is 0 Å². The number of halogens is 4. The molecule has 2 aromatic carbocycles. The Hall–Kier alpha value is -3.60. The summed E-state index contributed by atoms with van der Waals surface area (Å²) in [5, 5.41) is 11.7. The predicted octanol–water partition coefficient (Wildman–Crippen LogP) is 4.57. The number of likely N-dealkylation sites (N-methyl/N-ethyl adjacent to an activating group) is 1. The third-order valence-corrected chi connectivity index (χ3v) is 6.68. The van der Waals surface area contributed by atoms with Crippen molar-refractivity contribution < 1.29 is 22.4 Å². The molecule has 0 aliphatic carbocycles. The molecule has 0 atom stereocenters. The van der Waals surface area contributed by atoms with Crippen molar-refractivity contribution in [2.45, 2.75) is 39.0 Å². The van der Waals surface area contributed by atoms with Gasteiger partial charge in [0.05, 0.1) is 12.1 Å². The monoisotopic (exact) mass is 530 g/mol. The Morgan fingerprint density at radius 3 is 2.45 bits per heavy atom. The molecule has 0 radical (unpaired) electrons. The van der Waals surface area contributed by atoms with Crippen LogP contribution in [-0.2, 0) is 24.1 Å². The summed E-state index contributed by atoms with van der Waals surface area (Å²) in [5.74, 6) is 0.294. The van der Waals surface area contributed by atoms with Gasteiger partial charge in [-0.05, 0) is 91.0 Å². The van der Waals surface area contributed by atoms with Crippen molar-refractivity contribution in [3.63, 3.8) is 0 Å². The van der Waals surface area contributed by atoms with Gasteiger partial charge in [-0.2, -0.15) is 18.0 Å². The van der Waals surface area contributed by atoms with E-state index in [1.807, 2.05) is 0 Å². The van der Waals surface area contributed by atoms with E-state index in [0.717, 1.165) is 50.2 Å². The van der Waals surface area contributed by atoms with Crippen molar-refractivity contribution in [2.24, 2.45) is 5.92 Å². The van der Waals surface area contributed by atoms with Crippen LogP contribution in [0, 0.1) is 18.7 Å². The number of amides is 1. The highest BCUT2D eigenvalue weighted by Gasteiger charge is 2.31. The highest BCUT2D eigenvalue weighted by atomic mass is 19.4. The smallest absolute Gasteiger partial charge is 0.342 e. The number of carbonyl (C=O) groups is 1. The molecule has 4 rings (SSSR count). The largest absolute Gasteiger partial charge is 0.416 e. The highest BCUT2D eigenvalue weighted by Crippen LogP contribution is 2.31. The van der Waals surface area contributed by atoms with Gasteiger partial charge in [0, 0.05) is 26.2 Å². The SMILES string of the molecule is Cc1nnn(Cc2cc(C(F)(F)F)ccc2C=CC(=O)N(C)CC2CCN(Cc3ccc(F)cc3)CC2)n1. The van der Waals surface area contributed by atoms with Gasteiger partial charge in [0.15, 0.2) is 5.82 Å². The van der Waals surface area contributed by atoms with Crippen LogP contribution in [0.4, 0.5) is 17.6 Å². The zero-order valence-electron chi connectivity index (χ0n) is 21.3. The summed E-state index contributed by atoms with van der Waals surface area (Å²) in [7, 11) is 1.73. The number of aryl methyl sites for hydroxylation is 1. The molecule has 0 N–H and O–H groups in total. The van der Waals surface area contributed by atoms with Crippen LogP contribution in [0.2, 0.25) is 0 Å². The van der Waals surface area contributed by atoms with E-state index in [9.17, 15) is 22.4 Å². The first-order valence-corrected chi connectivity index (χ1v) is 12.4. The van der Waals surface area contributed by atoms with Gasteiger partial charge in [0.1, 0.15) is 5.82 Å². The molecular weight excluding hydrogens is 500 g/mol. The molecule has 7 nitrogen and oxygen atoms in total. The molecule has 1 saturated heterocycles. The molecule has 1 amide bonds. The zero-order valence-corrected chi connectivity index (χ0v) is 21.3. The lowest BCUT2D eigenvalue weighted by atomic mass is 9.96. The Bertz CT molecular complexity index is 1260. The first kappa shape index (κ1) is 27.4. The third kappa shape index (κ3) is 7.47. The molecule has 3 aromatic rings. The summed E-state index contributed by atoms with van der Waals surface area (Å²) in [6.07, 6.45) is 0.304. The molecule has 11 heteroatoms. The molecule has 202 valence electrons. The predicted molar refractivity (Wildman–Crippen MR) is 134 cm³/mol. The van der Waals surface area contributed by atoms with E-state index in [0.29, 0.717) is 29.4 Å². The summed E-state index contributed by atoms with van der Waals surface area (Å²) in [6.45, 7) is 4.78. The molecule has 0 saturated carbocycles. The second-order valence-corrected chi connectivity index (χ2v) is 9.68. The van der Waals surface area contributed by atoms with Gasteiger partial charge in [0.2, 0.25) is 5.91 Å². The van der Waals surface area contributed by atoms with Crippen LogP contribution < -0.4 is 0 Å². The van der Waals surface area contributed by atoms with E-state index in [1.165, 1.54) is 35.1 Å². The lowest BCUT2D eigenvalue weighted by Gasteiger charge is -2.33. The number of alkyl halides is 3. The van der Waals surface area contributed by atoms with Gasteiger partial charge >= 0.3 is 6.18 Å². The fraction of sp³-hybridized carbons (Fsp3) is 0.407. The summed E-state index contributed by atoms with van der Waals surface area (Å²) in [5.41, 5.74) is 1.09. The number of likely N-dealkylation sites (tertiary alicyclic amines) is 1. The Kier molecular flexibility index (Phi) is 8.55. The average molecular weight is 531 g/mol. The Labute approximate surface area is 218 Å². The number of rotatable bonds is 8. The minimum absolute atomic E-state index is 0.00897. The van der Waals surface area contributed by atoms with Crippen LogP contribution in [0.1, 0.15) is 40.9 Å². The molecule has 1 fully saturated rings. The number of nitrogens with zero attached hydrogens (tertiary/aromatic N) is 6. The first-order valence-electron chi connectivity index (χ1n) is 12.4. The molecular formula is C27H30F4N6O. The number of tetrazole rings is 1. The number of hydrogen-bond acceptors (Lipinski definition) is 5. The van der Waals surface area contributed by atoms with Crippen molar-refractivity contribution >= 4 is 12.0 Å². The first-order chi connectivity index (χ1) is 18.1. The van der Waals surface area contributed by atoms with Crippen LogP contribution in [0.3, 0.4) is 0 Å². The molecule has 1 aromatic heterocycles. The Morgan fingerprint density at radius 1 is 1.11 bits per heavy atom. The lowest BCUT2D eigenvalue weighted by molar-refractivity contribution is -0.137. The normalized spacial score (nSPS) is 15.3. The van der Waals surface area contributed by atoms with E-state index < -0.39 is 11.7 Å². The van der Waals surface area contributed by atoms with Crippen molar-refractivity contribution in [3.05, 3.63) is 82.4 Å². The summed E-state index contributed by atoms with van der Waals surface area (Å²) < 4.78 is 53.0. The zero-order chi connectivity index (χ0) is 27.3. The minimum atomic E-state index is -4.49. The molecule has 2 heterocycles. The van der Waals surface area contributed by atoms with E-state index in [4.69, 9.17) is 0 Å². The van der Waals surface area contributed by atoms with Crippen LogP contribution >= 0.6 is 0 Å². The van der Waals surface area contributed by atoms with Gasteiger partial charge in [-0.1, -0.05) is 18.2 Å². The summed E-state index contributed by atoms with van der Waals surface area (Å²) in [4.78, 5) is 18.0. The summed E-state index contributed by atoms with van der Waals surface area (Å²) >= 11 is 0. The summed E-state index contributed by atoms with van der Waals surface area (Å²) in [6, 6.07) is 9.93. The number of benzene rings is 2. The third-order valence-electron chi connectivity index (χ3n) is 6.68. The highest BCUT2D eigenvalue weighted by molar-refractivity contribution is 5.91. The maximum Gasteiger partial charge on any atom is 0.416 e. The maximum atomic E-state index is 13.3. The number of piperidine rings is 1. The van der Waals surface area contributed by atoms with E-state index in [-0.39, 0.29) is 18.3 Å². The lowest BCUT2D eigenvalue weighted by Crippen LogP contribution is -2.38. The Balaban J connectivity index is 1.34. The molecule has 0 unspecified atom stereocenters. The number of carbonyl (C=O) groups excluding carboxylic acids is 1. The minimum Gasteiger partial charge on any atom is -0.342 e. The maximum absolute atomic E-state index is 13.3. The van der Waals surface area contributed by atoms with Crippen molar-refractivity contribution in [1.29, 1.82) is 0 Å². The van der Waals surface area contributed by atoms with E-state index in [2.05, 4.69) is 20.3 Å². The van der Waals surface area contributed by atoms with Crippen LogP contribution in [0.15, 0.2) is 48.5 Å². The fourth-order valence-electron chi connectivity index (χ4n) is 4.57. The van der Waals surface area contributed by atoms with Crippen LogP contribution in [0.5, 0.6) is 0 Å². The second-order valence-electron chi connectivity index (χ2n) is 9.68. The van der Waals surface area contributed by atoms with E-state index in [1.54, 1.807) is 31.0 Å². The van der Waals surface area contributed by atoms with Crippen LogP contribution in [-0.4, -0.2) is 62.6 Å². The van der Waals surface area contributed by atoms with Gasteiger partial charge in [-0.3, -0.25) is 9.69 Å². The molecule has 1 aliphatic heterocycles. The second kappa shape index (κ2) is 11.8. The standard InChI is InChI=1S/C27H30F4N6O/c1-19-32-34-37(33-19)18-23-15-24(27(29,30)31)7-5-22(23)6-10-26(38)35(2)16-21-11-13-36(14-12-21)17-20-3-8-25(28)9-4-20/h3-10,15,21H,11-14,16-18H2,1-2H3. The average Bonchev–Trinajstić information content (AvgIpc) is 3.29. The molecule has 0 bridgehead atoms. The van der Waals surface area contributed by atoms with Gasteiger partial charge in [-0.15, -0.1) is 10.2 Å². The molecule has 38 heavy (non-hydrogen) atoms. The Morgan fingerprint density at radius 2 is 1.82 bits per heavy atom. The van der Waals surface area contributed by atoms with Crippen LogP contribution in [0.25, 0.3) is 6.08 Å². The molecule has 1 aliphatic rings. The van der Waals surface area contributed by atoms with Gasteiger partial charge in [-0.25, -0.2) is 4.39 Å². The quantitative estimate of drug-likeness (QED) is 0.315. The molecule has 0 spiro atoms. The van der Waals surface area contributed by atoms with Crippen molar-refractivity contribution in [1.82, 2.24) is 30.0 Å². The van der Waals surface area contributed by atoms with Crippen molar-refractivity contribution in [2.75, 3.05) is 26.7 Å².